The van der Waals surface area contributed by atoms with Crippen molar-refractivity contribution in [3.8, 4) is 0 Å². The molecule has 0 bridgehead atoms. The smallest absolute Gasteiger partial charge is 0.0485 e. The van der Waals surface area contributed by atoms with E-state index in [0.29, 0.717) is 6.54 Å². The van der Waals surface area contributed by atoms with Crippen LogP contribution in [0.25, 0.3) is 0 Å². The van der Waals surface area contributed by atoms with Gasteiger partial charge in [0.15, 0.2) is 0 Å². The van der Waals surface area contributed by atoms with Gasteiger partial charge in [-0.05, 0) is 51.3 Å². The Bertz CT molecular complexity index is 412. The number of rotatable bonds is 8. The van der Waals surface area contributed by atoms with Crippen LogP contribution >= 0.6 is 27.5 Å². The first-order chi connectivity index (χ1) is 9.49. The van der Waals surface area contributed by atoms with Crippen LogP contribution < -0.4 is 5.73 Å². The van der Waals surface area contributed by atoms with E-state index < -0.39 is 0 Å². The predicted molar refractivity (Wildman–Crippen MR) is 91.4 cm³/mol. The lowest BCUT2D eigenvalue weighted by Gasteiger charge is -2.31. The summed E-state index contributed by atoms with van der Waals surface area (Å²) < 4.78 is 0.998. The van der Waals surface area contributed by atoms with Gasteiger partial charge in [-0.25, -0.2) is 0 Å². The van der Waals surface area contributed by atoms with Crippen molar-refractivity contribution in [2.45, 2.75) is 19.4 Å². The maximum absolute atomic E-state index is 6.37. The van der Waals surface area contributed by atoms with Gasteiger partial charge in [0.25, 0.3) is 0 Å². The summed E-state index contributed by atoms with van der Waals surface area (Å²) in [5.74, 6) is 0. The average molecular weight is 363 g/mol. The Hall–Kier alpha value is -0.130. The summed E-state index contributed by atoms with van der Waals surface area (Å²) in [6.07, 6.45) is 1.13. The van der Waals surface area contributed by atoms with Gasteiger partial charge in [-0.3, -0.25) is 4.90 Å². The molecule has 0 saturated heterocycles. The van der Waals surface area contributed by atoms with E-state index in [1.165, 1.54) is 0 Å². The highest BCUT2D eigenvalue weighted by Crippen LogP contribution is 2.29. The normalized spacial score (nSPS) is 13.2. The Balaban J connectivity index is 2.80. The van der Waals surface area contributed by atoms with Gasteiger partial charge < -0.3 is 10.6 Å². The largest absolute Gasteiger partial charge is 0.329 e. The number of likely N-dealkylation sites (N-methyl/N-ethyl adjacent to an activating group) is 1. The van der Waals surface area contributed by atoms with Crippen LogP contribution in [0.2, 0.25) is 5.02 Å². The van der Waals surface area contributed by atoms with Crippen molar-refractivity contribution in [3.63, 3.8) is 0 Å². The van der Waals surface area contributed by atoms with Gasteiger partial charge >= 0.3 is 0 Å². The molecular formula is C15H25BrClN3. The molecule has 20 heavy (non-hydrogen) atoms. The molecule has 1 aromatic carbocycles. The summed E-state index contributed by atoms with van der Waals surface area (Å²) >= 11 is 9.81. The van der Waals surface area contributed by atoms with E-state index in [1.807, 2.05) is 12.1 Å². The monoisotopic (exact) mass is 361 g/mol. The van der Waals surface area contributed by atoms with Crippen LogP contribution in [0, 0.1) is 0 Å². The van der Waals surface area contributed by atoms with Gasteiger partial charge in [0, 0.05) is 28.6 Å². The lowest BCUT2D eigenvalue weighted by molar-refractivity contribution is 0.201. The summed E-state index contributed by atoms with van der Waals surface area (Å²) in [6.45, 7) is 5.84. The molecule has 0 saturated carbocycles. The minimum absolute atomic E-state index is 0.183. The molecule has 1 unspecified atom stereocenters. The number of benzene rings is 1. The van der Waals surface area contributed by atoms with Crippen molar-refractivity contribution in [2.75, 3.05) is 40.3 Å². The molecule has 0 heterocycles. The summed E-state index contributed by atoms with van der Waals surface area (Å²) in [7, 11) is 4.20. The first kappa shape index (κ1) is 17.9. The Morgan fingerprint density at radius 3 is 2.50 bits per heavy atom. The Labute approximate surface area is 136 Å². The zero-order valence-corrected chi connectivity index (χ0v) is 14.9. The zero-order chi connectivity index (χ0) is 15.1. The fourth-order valence-corrected chi connectivity index (χ4v) is 3.17. The lowest BCUT2D eigenvalue weighted by Crippen LogP contribution is -2.35. The molecule has 3 nitrogen and oxygen atoms in total. The second-order valence-electron chi connectivity index (χ2n) is 5.20. The van der Waals surface area contributed by atoms with E-state index in [9.17, 15) is 0 Å². The van der Waals surface area contributed by atoms with Gasteiger partial charge in [-0.15, -0.1) is 0 Å². The Morgan fingerprint density at radius 2 is 2.00 bits per heavy atom. The van der Waals surface area contributed by atoms with Crippen LogP contribution in [0.5, 0.6) is 0 Å². The second-order valence-corrected chi connectivity index (χ2v) is 6.53. The molecule has 0 aromatic heterocycles. The highest BCUT2D eigenvalue weighted by atomic mass is 79.9. The summed E-state index contributed by atoms with van der Waals surface area (Å²) in [6, 6.07) is 6.21. The van der Waals surface area contributed by atoms with Gasteiger partial charge in [0.2, 0.25) is 0 Å². The van der Waals surface area contributed by atoms with Crippen molar-refractivity contribution >= 4 is 27.5 Å². The minimum atomic E-state index is 0.183. The van der Waals surface area contributed by atoms with E-state index in [1.54, 1.807) is 0 Å². The van der Waals surface area contributed by atoms with Gasteiger partial charge in [0.1, 0.15) is 0 Å². The van der Waals surface area contributed by atoms with Crippen molar-refractivity contribution in [1.29, 1.82) is 0 Å². The highest BCUT2D eigenvalue weighted by Gasteiger charge is 2.19. The third-order valence-electron chi connectivity index (χ3n) is 3.44. The van der Waals surface area contributed by atoms with E-state index in [-0.39, 0.29) is 6.04 Å². The number of nitrogens with two attached hydrogens (primary N) is 1. The van der Waals surface area contributed by atoms with E-state index in [0.717, 1.165) is 41.1 Å². The van der Waals surface area contributed by atoms with Crippen molar-refractivity contribution in [1.82, 2.24) is 9.80 Å². The lowest BCUT2D eigenvalue weighted by atomic mass is 10.0. The SMILES string of the molecule is CCN(CCCN(C)C)C(CN)c1ccc(Br)cc1Cl. The average Bonchev–Trinajstić information content (AvgIpc) is 2.39. The molecule has 0 aliphatic heterocycles. The van der Waals surface area contributed by atoms with E-state index in [2.05, 4.69) is 52.8 Å². The molecule has 0 radical (unpaired) electrons. The van der Waals surface area contributed by atoms with Crippen LogP contribution in [-0.2, 0) is 0 Å². The highest BCUT2D eigenvalue weighted by molar-refractivity contribution is 9.10. The first-order valence-electron chi connectivity index (χ1n) is 7.03. The fourth-order valence-electron chi connectivity index (χ4n) is 2.37. The number of nitrogens with zero attached hydrogens (tertiary/aromatic N) is 2. The van der Waals surface area contributed by atoms with Crippen LogP contribution in [0.3, 0.4) is 0 Å². The summed E-state index contributed by atoms with van der Waals surface area (Å²) in [5, 5.41) is 0.779. The molecule has 1 aromatic rings. The molecule has 0 spiro atoms. The fraction of sp³-hybridized carbons (Fsp3) is 0.600. The third kappa shape index (κ3) is 5.34. The number of hydrogen-bond donors (Lipinski definition) is 1. The summed E-state index contributed by atoms with van der Waals surface area (Å²) in [5.41, 5.74) is 7.11. The number of halogens is 2. The van der Waals surface area contributed by atoms with Crippen molar-refractivity contribution < 1.29 is 0 Å². The molecule has 0 fully saturated rings. The maximum atomic E-state index is 6.37. The van der Waals surface area contributed by atoms with Crippen LogP contribution in [0.1, 0.15) is 24.9 Å². The van der Waals surface area contributed by atoms with Crippen molar-refractivity contribution in [3.05, 3.63) is 33.3 Å². The van der Waals surface area contributed by atoms with Crippen molar-refractivity contribution in [2.24, 2.45) is 5.73 Å². The van der Waals surface area contributed by atoms with Gasteiger partial charge in [-0.1, -0.05) is 40.5 Å². The molecular weight excluding hydrogens is 338 g/mol. The molecule has 1 rings (SSSR count). The minimum Gasteiger partial charge on any atom is -0.329 e. The van der Waals surface area contributed by atoms with Gasteiger partial charge in [0.05, 0.1) is 0 Å². The second kappa shape index (κ2) is 9.00. The topological polar surface area (TPSA) is 32.5 Å². The first-order valence-corrected chi connectivity index (χ1v) is 8.20. The van der Waals surface area contributed by atoms with Crippen LogP contribution in [0.4, 0.5) is 0 Å². The molecule has 1 atom stereocenters. The molecule has 0 aliphatic carbocycles. The van der Waals surface area contributed by atoms with Gasteiger partial charge in [-0.2, -0.15) is 0 Å². The standard InChI is InChI=1S/C15H25BrClN3/c1-4-20(9-5-8-19(2)3)15(11-18)13-7-6-12(16)10-14(13)17/h6-7,10,15H,4-5,8-9,11,18H2,1-3H3. The Morgan fingerprint density at radius 1 is 1.30 bits per heavy atom. The quantitative estimate of drug-likeness (QED) is 0.769. The van der Waals surface area contributed by atoms with Crippen LogP contribution in [0.15, 0.2) is 22.7 Å². The zero-order valence-electron chi connectivity index (χ0n) is 12.6. The van der Waals surface area contributed by atoms with Crippen LogP contribution in [-0.4, -0.2) is 50.1 Å². The van der Waals surface area contributed by atoms with E-state index >= 15 is 0 Å². The molecule has 0 amide bonds. The molecule has 0 aliphatic rings. The Kier molecular flexibility index (Phi) is 8.07. The van der Waals surface area contributed by atoms with E-state index in [4.69, 9.17) is 17.3 Å². The maximum Gasteiger partial charge on any atom is 0.0485 e. The molecule has 2 N–H and O–H groups in total. The number of hydrogen-bond acceptors (Lipinski definition) is 3. The molecule has 114 valence electrons. The predicted octanol–water partition coefficient (Wildman–Crippen LogP) is 3.38. The summed E-state index contributed by atoms with van der Waals surface area (Å²) in [4.78, 5) is 4.61. The molecule has 5 heteroatoms. The third-order valence-corrected chi connectivity index (χ3v) is 4.26.